The first kappa shape index (κ1) is 26.5. The zero-order valence-corrected chi connectivity index (χ0v) is 23.0. The van der Waals surface area contributed by atoms with E-state index >= 15 is 0 Å². The molecule has 0 aliphatic carbocycles. The Balaban J connectivity index is 1.35. The van der Waals surface area contributed by atoms with Gasteiger partial charge in [0.25, 0.3) is 5.91 Å². The minimum Gasteiger partial charge on any atom is -0.345 e. The molecule has 1 heterocycles. The number of halogens is 1. The van der Waals surface area contributed by atoms with Gasteiger partial charge in [0.1, 0.15) is 0 Å². The molecule has 5 aromatic rings. The van der Waals surface area contributed by atoms with E-state index in [1.807, 2.05) is 85.1 Å². The lowest BCUT2D eigenvalue weighted by molar-refractivity contribution is -0.113. The third-order valence-electron chi connectivity index (χ3n) is 6.21. The number of nitrogens with zero attached hydrogens (tertiary/aromatic N) is 3. The number of nitrogens with one attached hydrogen (secondary N) is 2. The minimum absolute atomic E-state index is 0.133. The normalized spacial score (nSPS) is 10.9. The van der Waals surface area contributed by atoms with E-state index in [4.69, 9.17) is 11.6 Å². The number of amides is 2. The molecule has 196 valence electrons. The number of carbonyl (C=O) groups excluding carboxylic acids is 2. The lowest BCUT2D eigenvalue weighted by Gasteiger charge is -2.12. The monoisotopic (exact) mass is 555 g/mol. The molecule has 1 aromatic heterocycles. The number of fused-ring (bicyclic) bond motifs is 1. The summed E-state index contributed by atoms with van der Waals surface area (Å²) in [6, 6.07) is 26.6. The summed E-state index contributed by atoms with van der Waals surface area (Å²) in [6.07, 6.45) is 0. The van der Waals surface area contributed by atoms with Crippen LogP contribution in [0.2, 0.25) is 5.02 Å². The van der Waals surface area contributed by atoms with Gasteiger partial charge in [0.2, 0.25) is 5.91 Å². The van der Waals surface area contributed by atoms with E-state index in [9.17, 15) is 9.59 Å². The Hall–Kier alpha value is -4.14. The molecular weight excluding hydrogens is 530 g/mol. The second-order valence-electron chi connectivity index (χ2n) is 9.08. The van der Waals surface area contributed by atoms with Crippen molar-refractivity contribution >= 4 is 51.6 Å². The number of anilines is 1. The van der Waals surface area contributed by atoms with Crippen molar-refractivity contribution in [2.75, 3.05) is 11.1 Å². The van der Waals surface area contributed by atoms with Crippen molar-refractivity contribution in [3.05, 3.63) is 112 Å². The van der Waals surface area contributed by atoms with Gasteiger partial charge in [0.15, 0.2) is 11.0 Å². The van der Waals surface area contributed by atoms with Crippen LogP contribution in [0.15, 0.2) is 90.1 Å². The Kier molecular flexibility index (Phi) is 7.95. The van der Waals surface area contributed by atoms with Gasteiger partial charge in [-0.3, -0.25) is 14.2 Å². The highest BCUT2D eigenvalue weighted by Gasteiger charge is 2.18. The molecule has 0 bridgehead atoms. The summed E-state index contributed by atoms with van der Waals surface area (Å²) in [5.74, 6) is 0.284. The van der Waals surface area contributed by atoms with E-state index in [-0.39, 0.29) is 24.1 Å². The SMILES string of the molecule is Cc1ccc(C)c(NC(=O)CSc2nnc(CNC(=O)c3cccc4ccccc34)n2-c2cccc(Cl)c2)c1. The molecule has 0 aliphatic rings. The average Bonchev–Trinajstić information content (AvgIpc) is 3.35. The number of benzene rings is 4. The van der Waals surface area contributed by atoms with Gasteiger partial charge in [0.05, 0.1) is 18.0 Å². The quantitative estimate of drug-likeness (QED) is 0.218. The summed E-state index contributed by atoms with van der Waals surface area (Å²) in [5, 5.41) is 17.6. The van der Waals surface area contributed by atoms with Crippen molar-refractivity contribution in [2.24, 2.45) is 0 Å². The lowest BCUT2D eigenvalue weighted by Crippen LogP contribution is -2.25. The summed E-state index contributed by atoms with van der Waals surface area (Å²) >= 11 is 7.54. The van der Waals surface area contributed by atoms with Crippen molar-refractivity contribution in [1.29, 1.82) is 0 Å². The van der Waals surface area contributed by atoms with Crippen LogP contribution < -0.4 is 10.6 Å². The van der Waals surface area contributed by atoms with Gasteiger partial charge in [-0.15, -0.1) is 10.2 Å². The van der Waals surface area contributed by atoms with Crippen molar-refractivity contribution in [3.8, 4) is 5.69 Å². The molecule has 0 saturated carbocycles. The fourth-order valence-corrected chi connectivity index (χ4v) is 5.20. The average molecular weight is 556 g/mol. The number of aryl methyl sites for hydroxylation is 2. The molecule has 2 N–H and O–H groups in total. The Morgan fingerprint density at radius 3 is 2.56 bits per heavy atom. The first-order chi connectivity index (χ1) is 18.9. The number of thioether (sulfide) groups is 1. The summed E-state index contributed by atoms with van der Waals surface area (Å²) in [4.78, 5) is 25.9. The number of hydrogen-bond donors (Lipinski definition) is 2. The fraction of sp³-hybridized carbons (Fsp3) is 0.133. The molecule has 39 heavy (non-hydrogen) atoms. The smallest absolute Gasteiger partial charge is 0.252 e. The number of rotatable bonds is 8. The fourth-order valence-electron chi connectivity index (χ4n) is 4.25. The molecule has 0 spiro atoms. The second kappa shape index (κ2) is 11.7. The Bertz CT molecular complexity index is 1680. The third kappa shape index (κ3) is 6.13. The van der Waals surface area contributed by atoms with Crippen LogP contribution in [0.25, 0.3) is 16.5 Å². The topological polar surface area (TPSA) is 88.9 Å². The van der Waals surface area contributed by atoms with E-state index in [2.05, 4.69) is 20.8 Å². The molecule has 0 radical (unpaired) electrons. The third-order valence-corrected chi connectivity index (χ3v) is 7.37. The zero-order valence-electron chi connectivity index (χ0n) is 21.4. The minimum atomic E-state index is -0.213. The molecule has 0 atom stereocenters. The maximum absolute atomic E-state index is 13.1. The van der Waals surface area contributed by atoms with Gasteiger partial charge >= 0.3 is 0 Å². The van der Waals surface area contributed by atoms with Gasteiger partial charge < -0.3 is 10.6 Å². The predicted molar refractivity (Wildman–Crippen MR) is 157 cm³/mol. The van der Waals surface area contributed by atoms with Crippen LogP contribution in [-0.4, -0.2) is 32.3 Å². The molecule has 0 saturated heterocycles. The molecule has 0 aliphatic heterocycles. The number of aromatic nitrogens is 3. The van der Waals surface area contributed by atoms with Crippen molar-refractivity contribution < 1.29 is 9.59 Å². The van der Waals surface area contributed by atoms with Crippen LogP contribution in [0.5, 0.6) is 0 Å². The van der Waals surface area contributed by atoms with Gasteiger partial charge in [0, 0.05) is 16.3 Å². The highest BCUT2D eigenvalue weighted by Crippen LogP contribution is 2.25. The zero-order chi connectivity index (χ0) is 27.4. The number of hydrogen-bond acceptors (Lipinski definition) is 5. The molecule has 0 fully saturated rings. The van der Waals surface area contributed by atoms with E-state index in [0.29, 0.717) is 21.6 Å². The second-order valence-corrected chi connectivity index (χ2v) is 10.5. The molecule has 0 unspecified atom stereocenters. The molecule has 7 nitrogen and oxygen atoms in total. The largest absolute Gasteiger partial charge is 0.345 e. The van der Waals surface area contributed by atoms with Gasteiger partial charge in [-0.05, 0) is 66.1 Å². The molecule has 9 heteroatoms. The first-order valence-corrected chi connectivity index (χ1v) is 13.7. The van der Waals surface area contributed by atoms with Crippen LogP contribution >= 0.6 is 23.4 Å². The van der Waals surface area contributed by atoms with Crippen LogP contribution in [-0.2, 0) is 11.3 Å². The van der Waals surface area contributed by atoms with Crippen molar-refractivity contribution in [1.82, 2.24) is 20.1 Å². The molecule has 5 rings (SSSR count). The van der Waals surface area contributed by atoms with Crippen LogP contribution in [0.1, 0.15) is 27.3 Å². The summed E-state index contributed by atoms with van der Waals surface area (Å²) < 4.78 is 1.81. The highest BCUT2D eigenvalue weighted by molar-refractivity contribution is 7.99. The number of carbonyl (C=O) groups is 2. The maximum atomic E-state index is 13.1. The predicted octanol–water partition coefficient (Wildman–Crippen LogP) is 6.35. The van der Waals surface area contributed by atoms with Crippen LogP contribution in [0.3, 0.4) is 0 Å². The van der Waals surface area contributed by atoms with Gasteiger partial charge in [-0.25, -0.2) is 0 Å². The van der Waals surface area contributed by atoms with Gasteiger partial charge in [-0.2, -0.15) is 0 Å². The van der Waals surface area contributed by atoms with E-state index < -0.39 is 0 Å². The standard InChI is InChI=1S/C30H26ClN5O2S/c1-19-13-14-20(2)26(15-19)33-28(37)18-39-30-35-34-27(36(30)23-10-6-9-22(31)16-23)17-32-29(38)25-12-5-8-21-7-3-4-11-24(21)25/h3-16H,17-18H2,1-2H3,(H,32,38)(H,33,37). The summed E-state index contributed by atoms with van der Waals surface area (Å²) in [6.45, 7) is 4.07. The van der Waals surface area contributed by atoms with Crippen LogP contribution in [0, 0.1) is 13.8 Å². The summed E-state index contributed by atoms with van der Waals surface area (Å²) in [7, 11) is 0. The first-order valence-electron chi connectivity index (χ1n) is 12.3. The maximum Gasteiger partial charge on any atom is 0.252 e. The van der Waals surface area contributed by atoms with E-state index in [1.54, 1.807) is 18.2 Å². The molecule has 4 aromatic carbocycles. The van der Waals surface area contributed by atoms with Crippen molar-refractivity contribution in [2.45, 2.75) is 25.5 Å². The molecule has 2 amide bonds. The van der Waals surface area contributed by atoms with E-state index in [1.165, 1.54) is 11.8 Å². The van der Waals surface area contributed by atoms with Gasteiger partial charge in [-0.1, -0.05) is 78.0 Å². The Morgan fingerprint density at radius 1 is 0.923 bits per heavy atom. The lowest BCUT2D eigenvalue weighted by atomic mass is 10.0. The van der Waals surface area contributed by atoms with Crippen LogP contribution in [0.4, 0.5) is 5.69 Å². The van der Waals surface area contributed by atoms with E-state index in [0.717, 1.165) is 33.3 Å². The Morgan fingerprint density at radius 2 is 1.72 bits per heavy atom. The van der Waals surface area contributed by atoms with Crippen molar-refractivity contribution in [3.63, 3.8) is 0 Å². The molecular formula is C30H26ClN5O2S. The Labute approximate surface area is 235 Å². The highest BCUT2D eigenvalue weighted by atomic mass is 35.5. The summed E-state index contributed by atoms with van der Waals surface area (Å²) in [5.41, 5.74) is 4.16.